The summed E-state index contributed by atoms with van der Waals surface area (Å²) in [4.78, 5) is 16.7. The molecule has 1 unspecified atom stereocenters. The molecule has 7 rings (SSSR count). The smallest absolute Gasteiger partial charge is 0.317 e. The van der Waals surface area contributed by atoms with Gasteiger partial charge in [-0.15, -0.1) is 6.42 Å². The van der Waals surface area contributed by atoms with E-state index in [1.807, 2.05) is 0 Å². The summed E-state index contributed by atoms with van der Waals surface area (Å²) in [6, 6.07) is 6.36. The van der Waals surface area contributed by atoms with Crippen LogP contribution in [0.25, 0.3) is 32.9 Å². The number of rotatable bonds is 8. The molecule has 0 saturated carbocycles. The Labute approximate surface area is 261 Å². The molecule has 234 valence electrons. The van der Waals surface area contributed by atoms with Gasteiger partial charge in [-0.3, -0.25) is 9.88 Å². The van der Waals surface area contributed by atoms with Crippen LogP contribution >= 0.6 is 0 Å². The van der Waals surface area contributed by atoms with E-state index >= 15 is 4.39 Å². The topological polar surface area (TPSA) is 78.8 Å². The second-order valence-electron chi connectivity index (χ2n) is 12.2. The van der Waals surface area contributed by atoms with Crippen molar-refractivity contribution in [1.82, 2.24) is 19.9 Å². The molecule has 3 aliphatic heterocycles. The van der Waals surface area contributed by atoms with Crippen LogP contribution in [0.1, 0.15) is 62.1 Å². The summed E-state index contributed by atoms with van der Waals surface area (Å²) < 4.78 is 54.8. The Bertz CT molecular complexity index is 1770. The van der Waals surface area contributed by atoms with Crippen molar-refractivity contribution in [3.8, 4) is 35.4 Å². The standard InChI is InChI=1S/C35H36F2N4O4/c1-3-25-28(36)9-8-23-17-24(45-21-42-2)18-26(29(23)25)32-30(37)33-27(19-38-32)31(22-7-4-15-43-16-10-22)39-34(40-33)44-20-35-11-5-13-41(35)14-6-12-35/h1,8-9,17-19,22H,4-7,10-16,20-21H2,2H3. The molecule has 5 heterocycles. The number of methoxy groups -OCH3 is 1. The zero-order valence-electron chi connectivity index (χ0n) is 25.4. The SMILES string of the molecule is C#Cc1c(F)ccc2cc(OCOC)cc(-c3ncc4c(C5CCCOCC5)nc(OCC56CCCN5CCC6)nc4c3F)c12. The fraction of sp³-hybridized carbons (Fsp3) is 0.457. The fourth-order valence-electron chi connectivity index (χ4n) is 7.41. The minimum Gasteiger partial charge on any atom is -0.468 e. The van der Waals surface area contributed by atoms with Gasteiger partial charge in [0.05, 0.1) is 16.8 Å². The van der Waals surface area contributed by atoms with Gasteiger partial charge in [0.2, 0.25) is 0 Å². The highest BCUT2D eigenvalue weighted by atomic mass is 19.1. The molecule has 0 bridgehead atoms. The van der Waals surface area contributed by atoms with Gasteiger partial charge in [-0.05, 0) is 81.6 Å². The van der Waals surface area contributed by atoms with Gasteiger partial charge < -0.3 is 18.9 Å². The molecular formula is C35H36F2N4O4. The Morgan fingerprint density at radius 2 is 1.91 bits per heavy atom. The first-order chi connectivity index (χ1) is 22.0. The van der Waals surface area contributed by atoms with Crippen molar-refractivity contribution in [3.05, 3.63) is 53.4 Å². The highest BCUT2D eigenvalue weighted by molar-refractivity contribution is 6.02. The molecule has 4 aromatic rings. The maximum atomic E-state index is 16.9. The second-order valence-corrected chi connectivity index (χ2v) is 12.2. The van der Waals surface area contributed by atoms with Crippen LogP contribution in [0.4, 0.5) is 8.78 Å². The van der Waals surface area contributed by atoms with Crippen LogP contribution < -0.4 is 9.47 Å². The Morgan fingerprint density at radius 3 is 2.71 bits per heavy atom. The van der Waals surface area contributed by atoms with Crippen LogP contribution in [0, 0.1) is 24.0 Å². The molecular weight excluding hydrogens is 578 g/mol. The maximum Gasteiger partial charge on any atom is 0.317 e. The lowest BCUT2D eigenvalue weighted by Gasteiger charge is -2.31. The number of ether oxygens (including phenoxy) is 4. The Kier molecular flexibility index (Phi) is 8.25. The first-order valence-electron chi connectivity index (χ1n) is 15.7. The molecule has 0 spiro atoms. The lowest BCUT2D eigenvalue weighted by molar-refractivity contribution is 0.0512. The van der Waals surface area contributed by atoms with E-state index in [0.717, 1.165) is 58.0 Å². The van der Waals surface area contributed by atoms with Crippen LogP contribution in [-0.4, -0.2) is 72.2 Å². The van der Waals surface area contributed by atoms with E-state index in [2.05, 4.69) is 20.8 Å². The Balaban J connectivity index is 1.39. The normalized spacial score (nSPS) is 19.8. The minimum absolute atomic E-state index is 0.0184. The quantitative estimate of drug-likeness (QED) is 0.167. The number of benzene rings is 2. The predicted octanol–water partition coefficient (Wildman–Crippen LogP) is 6.38. The first kappa shape index (κ1) is 29.8. The first-order valence-corrected chi connectivity index (χ1v) is 15.7. The van der Waals surface area contributed by atoms with Gasteiger partial charge in [0.25, 0.3) is 0 Å². The molecule has 3 aliphatic rings. The molecule has 10 heteroatoms. The van der Waals surface area contributed by atoms with Gasteiger partial charge in [0, 0.05) is 48.8 Å². The number of halogens is 2. The number of fused-ring (bicyclic) bond motifs is 3. The second kappa shape index (κ2) is 12.5. The van der Waals surface area contributed by atoms with Crippen LogP contribution in [-0.2, 0) is 9.47 Å². The van der Waals surface area contributed by atoms with E-state index < -0.39 is 11.6 Å². The van der Waals surface area contributed by atoms with E-state index in [1.54, 1.807) is 24.4 Å². The predicted molar refractivity (Wildman–Crippen MR) is 166 cm³/mol. The number of pyridine rings is 1. The highest BCUT2D eigenvalue weighted by Gasteiger charge is 2.45. The maximum absolute atomic E-state index is 16.9. The van der Waals surface area contributed by atoms with Crippen molar-refractivity contribution < 1.29 is 27.7 Å². The largest absolute Gasteiger partial charge is 0.468 e. The molecule has 0 aliphatic carbocycles. The molecule has 3 fully saturated rings. The summed E-state index contributed by atoms with van der Waals surface area (Å²) >= 11 is 0. The number of nitrogens with zero attached hydrogens (tertiary/aromatic N) is 4. The summed E-state index contributed by atoms with van der Waals surface area (Å²) in [5, 5.41) is 1.47. The van der Waals surface area contributed by atoms with E-state index in [0.29, 0.717) is 53.0 Å². The van der Waals surface area contributed by atoms with Crippen molar-refractivity contribution in [3.63, 3.8) is 0 Å². The zero-order chi connectivity index (χ0) is 31.0. The summed E-state index contributed by atoms with van der Waals surface area (Å²) in [5.74, 6) is 1.64. The van der Waals surface area contributed by atoms with Gasteiger partial charge >= 0.3 is 6.01 Å². The van der Waals surface area contributed by atoms with Gasteiger partial charge in [0.15, 0.2) is 12.6 Å². The Hall–Kier alpha value is -3.91. The van der Waals surface area contributed by atoms with Gasteiger partial charge in [0.1, 0.15) is 29.4 Å². The summed E-state index contributed by atoms with van der Waals surface area (Å²) in [6.45, 7) is 3.85. The van der Waals surface area contributed by atoms with E-state index in [-0.39, 0.29) is 41.0 Å². The van der Waals surface area contributed by atoms with Gasteiger partial charge in [-0.2, -0.15) is 9.97 Å². The highest BCUT2D eigenvalue weighted by Crippen LogP contribution is 2.41. The number of hydrogen-bond donors (Lipinski definition) is 0. The molecule has 0 radical (unpaired) electrons. The van der Waals surface area contributed by atoms with Crippen molar-refractivity contribution in [2.24, 2.45) is 0 Å². The van der Waals surface area contributed by atoms with Gasteiger partial charge in [-0.1, -0.05) is 12.0 Å². The van der Waals surface area contributed by atoms with Crippen molar-refractivity contribution >= 4 is 21.7 Å². The molecule has 2 aromatic heterocycles. The van der Waals surface area contributed by atoms with Crippen LogP contribution in [0.2, 0.25) is 0 Å². The van der Waals surface area contributed by atoms with E-state index in [9.17, 15) is 4.39 Å². The fourth-order valence-corrected chi connectivity index (χ4v) is 7.41. The van der Waals surface area contributed by atoms with Crippen molar-refractivity contribution in [1.29, 1.82) is 0 Å². The summed E-state index contributed by atoms with van der Waals surface area (Å²) in [7, 11) is 1.51. The third kappa shape index (κ3) is 5.47. The lowest BCUT2D eigenvalue weighted by Crippen LogP contribution is -2.43. The molecule has 0 amide bonds. The molecule has 8 nitrogen and oxygen atoms in total. The van der Waals surface area contributed by atoms with Crippen molar-refractivity contribution in [2.45, 2.75) is 56.4 Å². The average molecular weight is 615 g/mol. The lowest BCUT2D eigenvalue weighted by atomic mass is 9.93. The van der Waals surface area contributed by atoms with Crippen LogP contribution in [0.15, 0.2) is 30.5 Å². The molecule has 1 atom stereocenters. The van der Waals surface area contributed by atoms with Crippen LogP contribution in [0.5, 0.6) is 11.8 Å². The number of aromatic nitrogens is 3. The zero-order valence-corrected chi connectivity index (χ0v) is 25.4. The number of terminal acetylenes is 1. The van der Waals surface area contributed by atoms with Crippen LogP contribution in [0.3, 0.4) is 0 Å². The Morgan fingerprint density at radius 1 is 1.07 bits per heavy atom. The number of hydrogen-bond acceptors (Lipinski definition) is 8. The molecule has 45 heavy (non-hydrogen) atoms. The van der Waals surface area contributed by atoms with E-state index in [1.165, 1.54) is 13.2 Å². The van der Waals surface area contributed by atoms with Crippen molar-refractivity contribution in [2.75, 3.05) is 46.8 Å². The summed E-state index contributed by atoms with van der Waals surface area (Å²) in [6.07, 6.45) is 14.3. The third-order valence-electron chi connectivity index (χ3n) is 9.60. The minimum atomic E-state index is -0.662. The summed E-state index contributed by atoms with van der Waals surface area (Å²) in [5.41, 5.74) is 1.09. The molecule has 0 N–H and O–H groups in total. The molecule has 2 aromatic carbocycles. The average Bonchev–Trinajstić information content (AvgIpc) is 3.52. The third-order valence-corrected chi connectivity index (χ3v) is 9.60. The molecule has 3 saturated heterocycles. The van der Waals surface area contributed by atoms with Gasteiger partial charge in [-0.25, -0.2) is 8.78 Å². The van der Waals surface area contributed by atoms with E-state index in [4.69, 9.17) is 30.4 Å². The monoisotopic (exact) mass is 614 g/mol.